The lowest BCUT2D eigenvalue weighted by atomic mass is 10.6. The number of nitrogens with zero attached hydrogens (tertiary/aromatic N) is 1. The Balaban J connectivity index is 2.92. The van der Waals surface area contributed by atoms with E-state index in [1.807, 2.05) is 11.9 Å². The predicted octanol–water partition coefficient (Wildman–Crippen LogP) is 1.13. The van der Waals surface area contributed by atoms with Gasteiger partial charge in [0.1, 0.15) is 6.67 Å². The molecule has 0 aliphatic heterocycles. The van der Waals surface area contributed by atoms with Crippen molar-refractivity contribution in [3.05, 3.63) is 0 Å². The largest absolute Gasteiger partial charge is 0.303 e. The molecule has 0 radical (unpaired) electrons. The van der Waals surface area contributed by atoms with Crippen LogP contribution in [0.25, 0.3) is 0 Å². The Morgan fingerprint density at radius 2 is 2.12 bits per heavy atom. The Hall–Kier alpha value is 0.180. The van der Waals surface area contributed by atoms with Crippen molar-refractivity contribution in [3.8, 4) is 0 Å². The van der Waals surface area contributed by atoms with E-state index in [1.54, 1.807) is 0 Å². The van der Waals surface area contributed by atoms with E-state index < -0.39 is 0 Å². The maximum absolute atomic E-state index is 11.5. The van der Waals surface area contributed by atoms with E-state index in [1.165, 1.54) is 0 Å². The topological polar surface area (TPSA) is 3.24 Å². The summed E-state index contributed by atoms with van der Waals surface area (Å²) in [5, 5.41) is 0. The smallest absolute Gasteiger partial charge is 0.102 e. The van der Waals surface area contributed by atoms with E-state index in [9.17, 15) is 4.39 Å². The van der Waals surface area contributed by atoms with Gasteiger partial charge >= 0.3 is 0 Å². The van der Waals surface area contributed by atoms with Crippen LogP contribution in [-0.2, 0) is 0 Å². The van der Waals surface area contributed by atoms with E-state index in [2.05, 4.69) is 0 Å². The second-order valence-corrected chi connectivity index (χ2v) is 2.06. The third-order valence-electron chi connectivity index (χ3n) is 0.932. The summed E-state index contributed by atoms with van der Waals surface area (Å²) in [5.74, 6) is 0.580. The molecule has 0 aromatic rings. The molecule has 0 aromatic heterocycles. The zero-order valence-electron chi connectivity index (χ0n) is 5.03. The molecule has 0 aliphatic rings. The summed E-state index contributed by atoms with van der Waals surface area (Å²) in [6.07, 6.45) is 0. The van der Waals surface area contributed by atoms with Crippen LogP contribution in [0.3, 0.4) is 0 Å². The third kappa shape index (κ3) is 4.34. The fourth-order valence-electron chi connectivity index (χ4n) is 0.400. The lowest BCUT2D eigenvalue weighted by Gasteiger charge is -2.10. The van der Waals surface area contributed by atoms with Crippen LogP contribution in [0.5, 0.6) is 0 Å². The number of hydrogen-bond donors (Lipinski definition) is 0. The van der Waals surface area contributed by atoms with Gasteiger partial charge in [-0.25, -0.2) is 4.39 Å². The highest BCUT2D eigenvalue weighted by molar-refractivity contribution is 6.18. The van der Waals surface area contributed by atoms with Gasteiger partial charge in [-0.1, -0.05) is 0 Å². The van der Waals surface area contributed by atoms with Crippen LogP contribution in [0.1, 0.15) is 0 Å². The first-order chi connectivity index (χ1) is 3.81. The summed E-state index contributed by atoms with van der Waals surface area (Å²) in [7, 11) is 1.85. The molecule has 0 bridgehead atoms. The molecule has 0 spiro atoms. The molecule has 0 saturated heterocycles. The Labute approximate surface area is 54.4 Å². The maximum Gasteiger partial charge on any atom is 0.102 e. The lowest BCUT2D eigenvalue weighted by Crippen LogP contribution is -2.22. The van der Waals surface area contributed by atoms with E-state index in [4.69, 9.17) is 11.6 Å². The molecular weight excluding hydrogens is 129 g/mol. The van der Waals surface area contributed by atoms with E-state index >= 15 is 0 Å². The molecular formula is C5H11ClFN. The number of rotatable bonds is 4. The minimum atomic E-state index is -0.284. The SMILES string of the molecule is CN(CCF)CCCl. The summed E-state index contributed by atoms with van der Waals surface area (Å²) in [4.78, 5) is 1.85. The minimum Gasteiger partial charge on any atom is -0.303 e. The molecule has 3 heteroatoms. The van der Waals surface area contributed by atoms with Gasteiger partial charge in [-0.2, -0.15) is 0 Å². The molecule has 0 amide bonds. The predicted molar refractivity (Wildman–Crippen MR) is 34.2 cm³/mol. The quantitative estimate of drug-likeness (QED) is 0.528. The molecule has 0 N–H and O–H groups in total. The van der Waals surface area contributed by atoms with Crippen LogP contribution in [0.4, 0.5) is 4.39 Å². The Bertz CT molecular complexity index is 45.7. The van der Waals surface area contributed by atoms with Gasteiger partial charge < -0.3 is 4.90 Å². The standard InChI is InChI=1S/C5H11ClFN/c1-8(4-2-6)5-3-7/h2-5H2,1H3. The molecule has 0 saturated carbocycles. The van der Waals surface area contributed by atoms with Crippen molar-refractivity contribution in [2.75, 3.05) is 32.7 Å². The van der Waals surface area contributed by atoms with Crippen molar-refractivity contribution in [2.45, 2.75) is 0 Å². The average molecular weight is 140 g/mol. The highest BCUT2D eigenvalue weighted by Gasteiger charge is 1.92. The number of hydrogen-bond acceptors (Lipinski definition) is 1. The van der Waals surface area contributed by atoms with Crippen LogP contribution in [0, 0.1) is 0 Å². The second-order valence-electron chi connectivity index (χ2n) is 1.68. The molecule has 0 heterocycles. The fourth-order valence-corrected chi connectivity index (χ4v) is 0.689. The van der Waals surface area contributed by atoms with Crippen molar-refractivity contribution >= 4 is 11.6 Å². The van der Waals surface area contributed by atoms with E-state index in [-0.39, 0.29) is 6.67 Å². The van der Waals surface area contributed by atoms with Gasteiger partial charge in [0.2, 0.25) is 0 Å². The van der Waals surface area contributed by atoms with Crippen molar-refractivity contribution < 1.29 is 4.39 Å². The van der Waals surface area contributed by atoms with Gasteiger partial charge in [-0.05, 0) is 7.05 Å². The first-order valence-electron chi connectivity index (χ1n) is 2.61. The van der Waals surface area contributed by atoms with Crippen LogP contribution in [0.15, 0.2) is 0 Å². The van der Waals surface area contributed by atoms with Crippen LogP contribution in [0.2, 0.25) is 0 Å². The van der Waals surface area contributed by atoms with E-state index in [0.29, 0.717) is 12.4 Å². The van der Waals surface area contributed by atoms with E-state index in [0.717, 1.165) is 6.54 Å². The van der Waals surface area contributed by atoms with Crippen LogP contribution < -0.4 is 0 Å². The normalized spacial score (nSPS) is 10.5. The Morgan fingerprint density at radius 1 is 1.50 bits per heavy atom. The zero-order chi connectivity index (χ0) is 6.41. The lowest BCUT2D eigenvalue weighted by molar-refractivity contribution is 0.309. The summed E-state index contributed by atoms with van der Waals surface area (Å²) in [6, 6.07) is 0. The van der Waals surface area contributed by atoms with Gasteiger partial charge in [0.15, 0.2) is 0 Å². The summed E-state index contributed by atoms with van der Waals surface area (Å²) in [5.41, 5.74) is 0. The highest BCUT2D eigenvalue weighted by atomic mass is 35.5. The molecule has 50 valence electrons. The molecule has 0 aliphatic carbocycles. The summed E-state index contributed by atoms with van der Waals surface area (Å²) < 4.78 is 11.5. The average Bonchev–Trinajstić information content (AvgIpc) is 1.68. The maximum atomic E-state index is 11.5. The van der Waals surface area contributed by atoms with Crippen molar-refractivity contribution in [1.82, 2.24) is 4.90 Å². The Morgan fingerprint density at radius 3 is 2.50 bits per heavy atom. The third-order valence-corrected chi connectivity index (χ3v) is 1.10. The molecule has 1 nitrogen and oxygen atoms in total. The highest BCUT2D eigenvalue weighted by Crippen LogP contribution is 1.83. The van der Waals surface area contributed by atoms with Gasteiger partial charge in [-0.15, -0.1) is 11.6 Å². The van der Waals surface area contributed by atoms with Crippen molar-refractivity contribution in [2.24, 2.45) is 0 Å². The minimum absolute atomic E-state index is 0.284. The molecule has 0 rings (SSSR count). The molecule has 0 unspecified atom stereocenters. The van der Waals surface area contributed by atoms with Crippen molar-refractivity contribution in [3.63, 3.8) is 0 Å². The van der Waals surface area contributed by atoms with Gasteiger partial charge in [0.05, 0.1) is 0 Å². The number of alkyl halides is 2. The monoisotopic (exact) mass is 139 g/mol. The number of halogens is 2. The summed E-state index contributed by atoms with van der Waals surface area (Å²) in [6.45, 7) is 0.978. The molecule has 8 heavy (non-hydrogen) atoms. The van der Waals surface area contributed by atoms with Crippen LogP contribution >= 0.6 is 11.6 Å². The van der Waals surface area contributed by atoms with Gasteiger partial charge in [0, 0.05) is 19.0 Å². The first-order valence-corrected chi connectivity index (χ1v) is 3.15. The second kappa shape index (κ2) is 5.32. The van der Waals surface area contributed by atoms with Crippen molar-refractivity contribution in [1.29, 1.82) is 0 Å². The fraction of sp³-hybridized carbons (Fsp3) is 1.00. The van der Waals surface area contributed by atoms with Gasteiger partial charge in [0.25, 0.3) is 0 Å². The molecule has 0 aromatic carbocycles. The van der Waals surface area contributed by atoms with Gasteiger partial charge in [-0.3, -0.25) is 0 Å². The zero-order valence-corrected chi connectivity index (χ0v) is 5.79. The van der Waals surface area contributed by atoms with Crippen LogP contribution in [-0.4, -0.2) is 37.6 Å². The molecule has 0 fully saturated rings. The Kier molecular flexibility index (Phi) is 5.44. The first kappa shape index (κ1) is 8.18. The molecule has 0 atom stereocenters. The summed E-state index contributed by atoms with van der Waals surface area (Å²) >= 11 is 5.37.